The zero-order valence-electron chi connectivity index (χ0n) is 21.6. The molecule has 0 aliphatic carbocycles. The predicted octanol–water partition coefficient (Wildman–Crippen LogP) is 8.68. The van der Waals surface area contributed by atoms with Gasteiger partial charge in [0, 0.05) is 41.2 Å². The highest BCUT2D eigenvalue weighted by Gasteiger charge is 2.24. The zero-order chi connectivity index (χ0) is 25.7. The second-order valence-corrected chi connectivity index (χ2v) is 13.5. The van der Waals surface area contributed by atoms with Crippen LogP contribution in [0.4, 0.5) is 34.1 Å². The fraction of sp³-hybridized carbons (Fsp3) is 0.0909. The number of hydrogen-bond acceptors (Lipinski definition) is 3. The third-order valence-corrected chi connectivity index (χ3v) is 9.48. The molecule has 5 aromatic rings. The summed E-state index contributed by atoms with van der Waals surface area (Å²) in [6.45, 7) is 4.45. The average Bonchev–Trinajstić information content (AvgIpc) is 2.96. The Morgan fingerprint density at radius 2 is 0.676 bits per heavy atom. The molecule has 0 aliphatic heterocycles. The molecule has 0 bridgehead atoms. The molecule has 0 atom stereocenters. The molecular formula is C33H32N2OSi. The van der Waals surface area contributed by atoms with Crippen LogP contribution >= 0.6 is 0 Å². The molecule has 3 nitrogen and oxygen atoms in total. The van der Waals surface area contributed by atoms with E-state index in [1.54, 1.807) is 0 Å². The van der Waals surface area contributed by atoms with Crippen LogP contribution in [-0.2, 0) is 4.43 Å². The first kappa shape index (κ1) is 24.6. The van der Waals surface area contributed by atoms with Gasteiger partial charge >= 0.3 is 0 Å². The molecule has 184 valence electrons. The van der Waals surface area contributed by atoms with Crippen LogP contribution in [0.15, 0.2) is 140 Å². The molecule has 37 heavy (non-hydrogen) atoms. The second-order valence-electron chi connectivity index (χ2n) is 9.46. The Hall–Kier alpha value is -4.12. The first-order chi connectivity index (χ1) is 18.1. The van der Waals surface area contributed by atoms with Gasteiger partial charge in [0.25, 0.3) is 0 Å². The lowest BCUT2D eigenvalue weighted by Crippen LogP contribution is -2.43. The number of rotatable bonds is 8. The van der Waals surface area contributed by atoms with Gasteiger partial charge < -0.3 is 14.2 Å². The lowest BCUT2D eigenvalue weighted by atomic mass is 10.1. The molecule has 0 saturated heterocycles. The summed E-state index contributed by atoms with van der Waals surface area (Å²) in [5.74, 6) is 0. The number of para-hydroxylation sites is 3. The van der Waals surface area contributed by atoms with Crippen LogP contribution in [0.2, 0.25) is 13.1 Å². The fourth-order valence-electron chi connectivity index (χ4n) is 4.51. The maximum Gasteiger partial charge on any atom is 0.217 e. The molecule has 0 unspecified atom stereocenters. The van der Waals surface area contributed by atoms with Crippen LogP contribution in [0.1, 0.15) is 0 Å². The number of nitrogens with zero attached hydrogens (tertiary/aromatic N) is 2. The van der Waals surface area contributed by atoms with Gasteiger partial charge in [0.1, 0.15) is 0 Å². The minimum Gasteiger partial charge on any atom is -0.416 e. The molecule has 0 saturated carbocycles. The van der Waals surface area contributed by atoms with Crippen LogP contribution in [0.5, 0.6) is 0 Å². The summed E-state index contributed by atoms with van der Waals surface area (Å²) < 4.78 is 5.82. The SMILES string of the molecule is CO[Si](C)(C)c1ccc(N(c2ccccc2)c2ccc(N(c3ccccc3)c3ccccc3)cc2)cc1. The third-order valence-electron chi connectivity index (χ3n) is 6.74. The lowest BCUT2D eigenvalue weighted by Gasteiger charge is -2.29. The third kappa shape index (κ3) is 5.36. The average molecular weight is 501 g/mol. The van der Waals surface area contributed by atoms with Gasteiger partial charge in [-0.15, -0.1) is 0 Å². The van der Waals surface area contributed by atoms with E-state index in [0.717, 1.165) is 34.1 Å². The molecule has 0 fully saturated rings. The van der Waals surface area contributed by atoms with Crippen molar-refractivity contribution in [3.8, 4) is 0 Å². The Labute approximate surface area is 221 Å². The van der Waals surface area contributed by atoms with Crippen molar-refractivity contribution < 1.29 is 4.43 Å². The highest BCUT2D eigenvalue weighted by molar-refractivity contribution is 6.84. The van der Waals surface area contributed by atoms with E-state index in [4.69, 9.17) is 4.43 Å². The number of anilines is 6. The van der Waals surface area contributed by atoms with Gasteiger partial charge in [0.05, 0.1) is 0 Å². The van der Waals surface area contributed by atoms with E-state index in [1.165, 1.54) is 5.19 Å². The largest absolute Gasteiger partial charge is 0.416 e. The summed E-state index contributed by atoms with van der Waals surface area (Å²) in [6.07, 6.45) is 0. The van der Waals surface area contributed by atoms with Crippen molar-refractivity contribution in [3.05, 3.63) is 140 Å². The van der Waals surface area contributed by atoms with Crippen molar-refractivity contribution in [3.63, 3.8) is 0 Å². The summed E-state index contributed by atoms with van der Waals surface area (Å²) in [5.41, 5.74) is 6.70. The molecule has 0 N–H and O–H groups in total. The van der Waals surface area contributed by atoms with Crippen molar-refractivity contribution >= 4 is 47.6 Å². The van der Waals surface area contributed by atoms with Crippen molar-refractivity contribution in [2.45, 2.75) is 13.1 Å². The Morgan fingerprint density at radius 3 is 0.973 bits per heavy atom. The highest BCUT2D eigenvalue weighted by Crippen LogP contribution is 2.38. The minimum atomic E-state index is -1.88. The van der Waals surface area contributed by atoms with Gasteiger partial charge in [0.15, 0.2) is 0 Å². The highest BCUT2D eigenvalue weighted by atomic mass is 28.4. The molecule has 0 spiro atoms. The molecule has 0 radical (unpaired) electrons. The molecule has 4 heteroatoms. The zero-order valence-corrected chi connectivity index (χ0v) is 22.6. The van der Waals surface area contributed by atoms with Gasteiger partial charge in [-0.1, -0.05) is 66.7 Å². The number of hydrogen-bond donors (Lipinski definition) is 0. The van der Waals surface area contributed by atoms with Crippen molar-refractivity contribution in [1.82, 2.24) is 0 Å². The van der Waals surface area contributed by atoms with Crippen LogP contribution in [0, 0.1) is 0 Å². The monoisotopic (exact) mass is 500 g/mol. The van der Waals surface area contributed by atoms with Crippen LogP contribution in [0.3, 0.4) is 0 Å². The molecule has 0 aliphatic rings. The van der Waals surface area contributed by atoms with Gasteiger partial charge in [-0.3, -0.25) is 0 Å². The minimum absolute atomic E-state index is 1.10. The van der Waals surface area contributed by atoms with E-state index >= 15 is 0 Å². The van der Waals surface area contributed by atoms with E-state index < -0.39 is 8.32 Å². The summed E-state index contributed by atoms with van der Waals surface area (Å²) in [4.78, 5) is 4.58. The summed E-state index contributed by atoms with van der Waals surface area (Å²) >= 11 is 0. The topological polar surface area (TPSA) is 15.7 Å². The Morgan fingerprint density at radius 1 is 0.405 bits per heavy atom. The molecule has 5 aromatic carbocycles. The summed E-state index contributed by atoms with van der Waals surface area (Å²) in [7, 11) is -0.0666. The second kappa shape index (κ2) is 10.9. The summed E-state index contributed by atoms with van der Waals surface area (Å²) in [5, 5.41) is 1.28. The van der Waals surface area contributed by atoms with Gasteiger partial charge in [-0.25, -0.2) is 0 Å². The van der Waals surface area contributed by atoms with Gasteiger partial charge in [-0.2, -0.15) is 0 Å². The Kier molecular flexibility index (Phi) is 7.22. The van der Waals surface area contributed by atoms with E-state index in [2.05, 4.69) is 162 Å². The maximum atomic E-state index is 5.82. The first-order valence-electron chi connectivity index (χ1n) is 12.6. The summed E-state index contributed by atoms with van der Waals surface area (Å²) in [6, 6.07) is 49.1. The lowest BCUT2D eigenvalue weighted by molar-refractivity contribution is 0.416. The van der Waals surface area contributed by atoms with Crippen molar-refractivity contribution in [2.24, 2.45) is 0 Å². The van der Waals surface area contributed by atoms with Gasteiger partial charge in [0.2, 0.25) is 8.32 Å². The first-order valence-corrected chi connectivity index (χ1v) is 15.5. The quantitative estimate of drug-likeness (QED) is 0.198. The van der Waals surface area contributed by atoms with Crippen LogP contribution in [0.25, 0.3) is 0 Å². The number of benzene rings is 5. The maximum absolute atomic E-state index is 5.82. The Balaban J connectivity index is 1.55. The van der Waals surface area contributed by atoms with E-state index in [1.807, 2.05) is 7.11 Å². The van der Waals surface area contributed by atoms with Crippen LogP contribution < -0.4 is 15.0 Å². The standard InChI is InChI=1S/C33H32N2OSi/c1-36-37(2,3)33-25-23-32(24-26-33)35(29-17-11-6-12-18-29)31-21-19-30(20-22-31)34(27-13-7-4-8-14-27)28-15-9-5-10-16-28/h4-26H,1-3H3. The predicted molar refractivity (Wildman–Crippen MR) is 160 cm³/mol. The fourth-order valence-corrected chi connectivity index (χ4v) is 5.71. The molecule has 0 aromatic heterocycles. The molecule has 5 rings (SSSR count). The van der Waals surface area contributed by atoms with Crippen LogP contribution in [-0.4, -0.2) is 15.4 Å². The van der Waals surface area contributed by atoms with E-state index in [9.17, 15) is 0 Å². The molecule has 0 amide bonds. The molecular weight excluding hydrogens is 468 g/mol. The van der Waals surface area contributed by atoms with E-state index in [0.29, 0.717) is 0 Å². The van der Waals surface area contributed by atoms with Crippen molar-refractivity contribution in [1.29, 1.82) is 0 Å². The van der Waals surface area contributed by atoms with E-state index in [-0.39, 0.29) is 0 Å². The Bertz CT molecular complexity index is 1370. The molecule has 0 heterocycles. The smallest absolute Gasteiger partial charge is 0.217 e. The normalized spacial score (nSPS) is 11.2. The van der Waals surface area contributed by atoms with Crippen molar-refractivity contribution in [2.75, 3.05) is 16.9 Å². The van der Waals surface area contributed by atoms with Gasteiger partial charge in [-0.05, 0) is 91.1 Å².